The molecule has 152 valence electrons. The first-order valence-corrected chi connectivity index (χ1v) is 9.77. The molecule has 2 amide bonds. The first kappa shape index (κ1) is 19.5. The van der Waals surface area contributed by atoms with E-state index in [1.54, 1.807) is 48.5 Å². The van der Waals surface area contributed by atoms with Gasteiger partial charge in [0.1, 0.15) is 11.5 Å². The van der Waals surface area contributed by atoms with Crippen LogP contribution in [0, 0.1) is 0 Å². The van der Waals surface area contributed by atoms with Gasteiger partial charge >= 0.3 is 0 Å². The molecule has 2 N–H and O–H groups in total. The number of hydrogen-bond acceptors (Lipinski definition) is 4. The first-order valence-electron chi connectivity index (χ1n) is 9.77. The van der Waals surface area contributed by atoms with Gasteiger partial charge in [-0.2, -0.15) is 0 Å². The maximum Gasteiger partial charge on any atom is 0.254 e. The number of primary amides is 1. The zero-order valence-corrected chi connectivity index (χ0v) is 16.7. The number of benzene rings is 3. The fraction of sp³-hybridized carbons (Fsp3) is 0.167. The molecule has 0 spiro atoms. The molecule has 6 nitrogen and oxygen atoms in total. The molecule has 6 heteroatoms. The van der Waals surface area contributed by atoms with Gasteiger partial charge in [0.15, 0.2) is 0 Å². The summed E-state index contributed by atoms with van der Waals surface area (Å²) in [7, 11) is 2.05. The minimum atomic E-state index is -0.480. The summed E-state index contributed by atoms with van der Waals surface area (Å²) < 4.78 is 5.79. The second-order valence-electron chi connectivity index (χ2n) is 7.29. The second-order valence-corrected chi connectivity index (χ2v) is 7.29. The number of nitrogens with two attached hydrogens (primary N) is 1. The number of amides is 2. The summed E-state index contributed by atoms with van der Waals surface area (Å²) in [4.78, 5) is 28.3. The largest absolute Gasteiger partial charge is 0.457 e. The van der Waals surface area contributed by atoms with Crippen molar-refractivity contribution >= 4 is 17.5 Å². The predicted octanol–water partition coefficient (Wildman–Crippen LogP) is 3.67. The molecule has 0 aliphatic carbocycles. The standard InChI is InChI=1S/C24H23N3O3/c1-26-14-15-27(16-19-4-2-3-5-22(19)26)24(29)18-8-12-21(13-9-18)30-20-10-6-17(7-11-20)23(25)28/h2-13H,14-16H2,1H3,(H2,25,28). The number of anilines is 1. The Balaban J connectivity index is 1.46. The number of nitrogens with zero attached hydrogens (tertiary/aromatic N) is 2. The van der Waals surface area contributed by atoms with E-state index in [1.165, 1.54) is 5.69 Å². The smallest absolute Gasteiger partial charge is 0.254 e. The molecule has 3 aromatic carbocycles. The predicted molar refractivity (Wildman–Crippen MR) is 116 cm³/mol. The summed E-state index contributed by atoms with van der Waals surface area (Å²) in [6.45, 7) is 2.03. The zero-order chi connectivity index (χ0) is 21.1. The molecule has 0 fully saturated rings. The SMILES string of the molecule is CN1CCN(C(=O)c2ccc(Oc3ccc(C(N)=O)cc3)cc2)Cc2ccccc21. The molecule has 0 radical (unpaired) electrons. The van der Waals surface area contributed by atoms with E-state index in [-0.39, 0.29) is 5.91 Å². The van der Waals surface area contributed by atoms with Crippen LogP contribution in [0.4, 0.5) is 5.69 Å². The fourth-order valence-corrected chi connectivity index (χ4v) is 3.54. The van der Waals surface area contributed by atoms with Crippen LogP contribution in [0.2, 0.25) is 0 Å². The number of likely N-dealkylation sites (N-methyl/N-ethyl adjacent to an activating group) is 1. The van der Waals surface area contributed by atoms with Crippen molar-refractivity contribution < 1.29 is 14.3 Å². The third-order valence-electron chi connectivity index (χ3n) is 5.23. The number of carbonyl (C=O) groups excluding carboxylic acids is 2. The van der Waals surface area contributed by atoms with Crippen molar-refractivity contribution in [2.45, 2.75) is 6.54 Å². The Bertz CT molecular complexity index is 1060. The molecule has 0 saturated heterocycles. The lowest BCUT2D eigenvalue weighted by Gasteiger charge is -2.21. The lowest BCUT2D eigenvalue weighted by Crippen LogP contribution is -2.34. The van der Waals surface area contributed by atoms with Gasteiger partial charge in [-0.15, -0.1) is 0 Å². The van der Waals surface area contributed by atoms with E-state index in [2.05, 4.69) is 24.1 Å². The molecular weight excluding hydrogens is 378 g/mol. The van der Waals surface area contributed by atoms with Crippen LogP contribution in [0.1, 0.15) is 26.3 Å². The van der Waals surface area contributed by atoms with Crippen molar-refractivity contribution in [3.05, 3.63) is 89.5 Å². The highest BCUT2D eigenvalue weighted by molar-refractivity contribution is 5.94. The van der Waals surface area contributed by atoms with Gasteiger partial charge in [0.05, 0.1) is 0 Å². The number of ether oxygens (including phenoxy) is 1. The molecule has 1 heterocycles. The van der Waals surface area contributed by atoms with Crippen molar-refractivity contribution in [2.24, 2.45) is 5.73 Å². The minimum absolute atomic E-state index is 0.00235. The Labute approximate surface area is 175 Å². The highest BCUT2D eigenvalue weighted by atomic mass is 16.5. The Hall–Kier alpha value is -3.80. The summed E-state index contributed by atoms with van der Waals surface area (Å²) in [6, 6.07) is 21.9. The average molecular weight is 401 g/mol. The molecule has 0 bridgehead atoms. The molecule has 3 aromatic rings. The lowest BCUT2D eigenvalue weighted by molar-refractivity contribution is 0.0751. The monoisotopic (exact) mass is 401 g/mol. The number of rotatable bonds is 4. The molecule has 0 aromatic heterocycles. The summed E-state index contributed by atoms with van der Waals surface area (Å²) in [6.07, 6.45) is 0. The molecule has 1 aliphatic heterocycles. The van der Waals surface area contributed by atoms with Gasteiger partial charge in [0.25, 0.3) is 5.91 Å². The van der Waals surface area contributed by atoms with Crippen LogP contribution in [0.25, 0.3) is 0 Å². The minimum Gasteiger partial charge on any atom is -0.457 e. The molecule has 4 rings (SSSR count). The van der Waals surface area contributed by atoms with Gasteiger partial charge in [0, 0.05) is 43.5 Å². The maximum absolute atomic E-state index is 13.1. The molecular formula is C24H23N3O3. The molecule has 30 heavy (non-hydrogen) atoms. The van der Waals surface area contributed by atoms with Gasteiger partial charge in [0.2, 0.25) is 5.91 Å². The van der Waals surface area contributed by atoms with E-state index < -0.39 is 5.91 Å². The van der Waals surface area contributed by atoms with Gasteiger partial charge in [-0.3, -0.25) is 9.59 Å². The van der Waals surface area contributed by atoms with E-state index >= 15 is 0 Å². The van der Waals surface area contributed by atoms with E-state index in [9.17, 15) is 9.59 Å². The van der Waals surface area contributed by atoms with Gasteiger partial charge in [-0.05, 0) is 60.2 Å². The van der Waals surface area contributed by atoms with Crippen LogP contribution in [0.5, 0.6) is 11.5 Å². The quantitative estimate of drug-likeness (QED) is 0.724. The average Bonchev–Trinajstić information content (AvgIpc) is 2.93. The van der Waals surface area contributed by atoms with Crippen LogP contribution in [-0.4, -0.2) is 36.9 Å². The van der Waals surface area contributed by atoms with Crippen LogP contribution in [0.15, 0.2) is 72.8 Å². The highest BCUT2D eigenvalue weighted by Gasteiger charge is 2.22. The lowest BCUT2D eigenvalue weighted by atomic mass is 10.1. The van der Waals surface area contributed by atoms with Crippen LogP contribution < -0.4 is 15.4 Å². The van der Waals surface area contributed by atoms with Gasteiger partial charge < -0.3 is 20.3 Å². The summed E-state index contributed by atoms with van der Waals surface area (Å²) in [5.41, 5.74) is 8.60. The molecule has 0 saturated carbocycles. The van der Waals surface area contributed by atoms with Crippen molar-refractivity contribution in [3.8, 4) is 11.5 Å². The van der Waals surface area contributed by atoms with Crippen molar-refractivity contribution in [2.75, 3.05) is 25.0 Å². The topological polar surface area (TPSA) is 75.9 Å². The Morgan fingerprint density at radius 3 is 2.07 bits per heavy atom. The van der Waals surface area contributed by atoms with E-state index in [0.29, 0.717) is 35.7 Å². The Morgan fingerprint density at radius 1 is 0.833 bits per heavy atom. The van der Waals surface area contributed by atoms with Crippen molar-refractivity contribution in [1.29, 1.82) is 0 Å². The second kappa shape index (κ2) is 8.29. The molecule has 0 atom stereocenters. The van der Waals surface area contributed by atoms with E-state index in [1.807, 2.05) is 17.0 Å². The van der Waals surface area contributed by atoms with Crippen LogP contribution in [0.3, 0.4) is 0 Å². The summed E-state index contributed by atoms with van der Waals surface area (Å²) in [5.74, 6) is 0.717. The van der Waals surface area contributed by atoms with Gasteiger partial charge in [-0.1, -0.05) is 18.2 Å². The summed E-state index contributed by atoms with van der Waals surface area (Å²) in [5, 5.41) is 0. The summed E-state index contributed by atoms with van der Waals surface area (Å²) >= 11 is 0. The fourth-order valence-electron chi connectivity index (χ4n) is 3.54. The third-order valence-corrected chi connectivity index (χ3v) is 5.23. The number of para-hydroxylation sites is 1. The maximum atomic E-state index is 13.1. The van der Waals surface area contributed by atoms with Crippen molar-refractivity contribution in [1.82, 2.24) is 4.90 Å². The van der Waals surface area contributed by atoms with Crippen LogP contribution >= 0.6 is 0 Å². The third kappa shape index (κ3) is 4.12. The number of fused-ring (bicyclic) bond motifs is 1. The zero-order valence-electron chi connectivity index (χ0n) is 16.7. The normalized spacial score (nSPS) is 13.4. The number of carbonyl (C=O) groups is 2. The first-order chi connectivity index (χ1) is 14.5. The van der Waals surface area contributed by atoms with E-state index in [4.69, 9.17) is 10.5 Å². The number of hydrogen-bond donors (Lipinski definition) is 1. The van der Waals surface area contributed by atoms with E-state index in [0.717, 1.165) is 12.1 Å². The Morgan fingerprint density at radius 2 is 1.43 bits per heavy atom. The van der Waals surface area contributed by atoms with Crippen molar-refractivity contribution in [3.63, 3.8) is 0 Å². The highest BCUT2D eigenvalue weighted by Crippen LogP contribution is 2.26. The Kier molecular flexibility index (Phi) is 5.39. The van der Waals surface area contributed by atoms with Crippen LogP contribution in [-0.2, 0) is 6.54 Å². The molecule has 0 unspecified atom stereocenters. The van der Waals surface area contributed by atoms with Gasteiger partial charge in [-0.25, -0.2) is 0 Å². The molecule has 1 aliphatic rings.